The number of amides is 1. The highest BCUT2D eigenvalue weighted by Crippen LogP contribution is 2.20. The molecule has 29 heavy (non-hydrogen) atoms. The Balaban J connectivity index is 1.30. The largest absolute Gasteiger partial charge is 0.361 e. The average molecular weight is 389 g/mol. The maximum absolute atomic E-state index is 12.7. The van der Waals surface area contributed by atoms with Crippen LogP contribution in [0.1, 0.15) is 22.6 Å². The molecular weight excluding hydrogens is 362 g/mol. The van der Waals surface area contributed by atoms with Gasteiger partial charge in [-0.3, -0.25) is 9.69 Å². The zero-order valence-electron chi connectivity index (χ0n) is 17.1. The number of carbonyl (C=O) groups excluding carboxylic acids is 1. The summed E-state index contributed by atoms with van der Waals surface area (Å²) in [6.45, 7) is 8.07. The van der Waals surface area contributed by atoms with Gasteiger partial charge in [-0.15, -0.1) is 0 Å². The van der Waals surface area contributed by atoms with E-state index >= 15 is 0 Å². The summed E-state index contributed by atoms with van der Waals surface area (Å²) in [5.74, 6) is 1.09. The van der Waals surface area contributed by atoms with Crippen molar-refractivity contribution in [1.82, 2.24) is 15.0 Å². The molecule has 0 aliphatic carbocycles. The lowest BCUT2D eigenvalue weighted by atomic mass is 10.0. The van der Waals surface area contributed by atoms with Gasteiger partial charge >= 0.3 is 0 Å². The molecule has 0 radical (unpaired) electrons. The molecule has 0 unspecified atom stereocenters. The number of benzene rings is 2. The number of nitrogens with zero attached hydrogens (tertiary/aromatic N) is 3. The number of carbonyl (C=O) groups is 1. The first-order valence-corrected chi connectivity index (χ1v) is 10.2. The first kappa shape index (κ1) is 19.4. The molecule has 1 saturated heterocycles. The van der Waals surface area contributed by atoms with Gasteiger partial charge in [0.2, 0.25) is 5.91 Å². The minimum absolute atomic E-state index is 0.203. The van der Waals surface area contributed by atoms with Crippen molar-refractivity contribution < 1.29 is 9.32 Å². The van der Waals surface area contributed by atoms with Gasteiger partial charge in [-0.05, 0) is 30.5 Å². The molecule has 1 fully saturated rings. The zero-order chi connectivity index (χ0) is 20.2. The third kappa shape index (κ3) is 4.57. The fourth-order valence-electron chi connectivity index (χ4n) is 3.84. The molecule has 5 nitrogen and oxygen atoms in total. The maximum atomic E-state index is 12.7. The van der Waals surface area contributed by atoms with E-state index in [1.165, 1.54) is 16.7 Å². The van der Waals surface area contributed by atoms with E-state index in [1.807, 2.05) is 36.9 Å². The Bertz CT molecular complexity index is 936. The highest BCUT2D eigenvalue weighted by Gasteiger charge is 2.23. The standard InChI is InChI=1S/C24H27N3O2/c1-18-23(19(2)29-25-18)17-26-12-14-27(15-13-26)24(28)16-20-8-10-22(11-9-20)21-6-4-3-5-7-21/h3-11H,12-17H2,1-2H3. The summed E-state index contributed by atoms with van der Waals surface area (Å²) in [5, 5.41) is 4.03. The number of hydrogen-bond donors (Lipinski definition) is 0. The van der Waals surface area contributed by atoms with Crippen LogP contribution >= 0.6 is 0 Å². The van der Waals surface area contributed by atoms with Gasteiger partial charge in [0.25, 0.3) is 0 Å². The van der Waals surface area contributed by atoms with Crippen molar-refractivity contribution in [3.63, 3.8) is 0 Å². The Morgan fingerprint density at radius 3 is 2.21 bits per heavy atom. The average Bonchev–Trinajstić information content (AvgIpc) is 3.07. The van der Waals surface area contributed by atoms with Gasteiger partial charge in [-0.1, -0.05) is 59.8 Å². The third-order valence-electron chi connectivity index (χ3n) is 5.70. The summed E-state index contributed by atoms with van der Waals surface area (Å²) >= 11 is 0. The van der Waals surface area contributed by atoms with Crippen molar-refractivity contribution in [2.45, 2.75) is 26.8 Å². The number of aryl methyl sites for hydroxylation is 2. The molecule has 1 aliphatic rings. The van der Waals surface area contributed by atoms with Crippen molar-refractivity contribution in [2.75, 3.05) is 26.2 Å². The quantitative estimate of drug-likeness (QED) is 0.665. The Morgan fingerprint density at radius 1 is 0.931 bits per heavy atom. The fraction of sp³-hybridized carbons (Fsp3) is 0.333. The van der Waals surface area contributed by atoms with Crippen LogP contribution in [0.25, 0.3) is 11.1 Å². The highest BCUT2D eigenvalue weighted by atomic mass is 16.5. The number of rotatable bonds is 5. The molecule has 150 valence electrons. The van der Waals surface area contributed by atoms with Crippen LogP contribution in [0.15, 0.2) is 59.1 Å². The molecule has 2 aromatic carbocycles. The molecule has 0 spiro atoms. The topological polar surface area (TPSA) is 49.6 Å². The van der Waals surface area contributed by atoms with Gasteiger partial charge < -0.3 is 9.42 Å². The molecule has 5 heteroatoms. The molecule has 0 saturated carbocycles. The lowest BCUT2D eigenvalue weighted by molar-refractivity contribution is -0.132. The summed E-state index contributed by atoms with van der Waals surface area (Å²) < 4.78 is 5.26. The van der Waals surface area contributed by atoms with Gasteiger partial charge in [-0.25, -0.2) is 0 Å². The maximum Gasteiger partial charge on any atom is 0.227 e. The minimum Gasteiger partial charge on any atom is -0.361 e. The Hall–Kier alpha value is -2.92. The van der Waals surface area contributed by atoms with Crippen molar-refractivity contribution in [3.8, 4) is 11.1 Å². The van der Waals surface area contributed by atoms with Gasteiger partial charge in [0.1, 0.15) is 5.76 Å². The molecule has 1 aromatic heterocycles. The second-order valence-electron chi connectivity index (χ2n) is 7.70. The Labute approximate surface area is 171 Å². The predicted molar refractivity (Wildman–Crippen MR) is 113 cm³/mol. The first-order valence-electron chi connectivity index (χ1n) is 10.2. The second-order valence-corrected chi connectivity index (χ2v) is 7.70. The number of piperazine rings is 1. The third-order valence-corrected chi connectivity index (χ3v) is 5.70. The molecule has 3 aromatic rings. The molecule has 1 aliphatic heterocycles. The summed E-state index contributed by atoms with van der Waals surface area (Å²) in [4.78, 5) is 17.1. The molecule has 0 N–H and O–H groups in total. The minimum atomic E-state index is 0.203. The van der Waals surface area contributed by atoms with E-state index in [9.17, 15) is 4.79 Å². The van der Waals surface area contributed by atoms with Gasteiger partial charge in [0.15, 0.2) is 0 Å². The van der Waals surface area contributed by atoms with Crippen molar-refractivity contribution in [2.24, 2.45) is 0 Å². The predicted octanol–water partition coefficient (Wildman–Crippen LogP) is 3.85. The van der Waals surface area contributed by atoms with Crippen molar-refractivity contribution >= 4 is 5.91 Å². The molecule has 2 heterocycles. The smallest absolute Gasteiger partial charge is 0.227 e. The van der Waals surface area contributed by atoms with E-state index in [1.54, 1.807) is 0 Å². The van der Waals surface area contributed by atoms with Crippen LogP contribution in [-0.2, 0) is 17.8 Å². The summed E-state index contributed by atoms with van der Waals surface area (Å²) in [6.07, 6.45) is 0.457. The van der Waals surface area contributed by atoms with Crippen LogP contribution in [0, 0.1) is 13.8 Å². The molecule has 0 atom stereocenters. The lowest BCUT2D eigenvalue weighted by Crippen LogP contribution is -2.48. The van der Waals surface area contributed by atoms with E-state index in [0.717, 1.165) is 49.7 Å². The van der Waals surface area contributed by atoms with Crippen LogP contribution in [0.2, 0.25) is 0 Å². The summed E-state index contributed by atoms with van der Waals surface area (Å²) in [7, 11) is 0. The molecule has 1 amide bonds. The van der Waals surface area contributed by atoms with Crippen LogP contribution in [0.4, 0.5) is 0 Å². The van der Waals surface area contributed by atoms with Crippen LogP contribution < -0.4 is 0 Å². The number of aromatic nitrogens is 1. The van der Waals surface area contributed by atoms with Crippen LogP contribution in [0.5, 0.6) is 0 Å². The molecular formula is C24H27N3O2. The molecule has 4 rings (SSSR count). The van der Waals surface area contributed by atoms with Gasteiger partial charge in [0, 0.05) is 38.3 Å². The van der Waals surface area contributed by atoms with Gasteiger partial charge in [-0.2, -0.15) is 0 Å². The van der Waals surface area contributed by atoms with Crippen LogP contribution in [-0.4, -0.2) is 47.0 Å². The number of hydrogen-bond acceptors (Lipinski definition) is 4. The van der Waals surface area contributed by atoms with Crippen molar-refractivity contribution in [3.05, 3.63) is 77.2 Å². The Morgan fingerprint density at radius 2 is 1.59 bits per heavy atom. The van der Waals surface area contributed by atoms with E-state index < -0.39 is 0 Å². The van der Waals surface area contributed by atoms with E-state index in [-0.39, 0.29) is 5.91 Å². The SMILES string of the molecule is Cc1noc(C)c1CN1CCN(C(=O)Cc2ccc(-c3ccccc3)cc2)CC1. The molecule has 0 bridgehead atoms. The second kappa shape index (κ2) is 8.62. The van der Waals surface area contributed by atoms with E-state index in [2.05, 4.69) is 46.5 Å². The zero-order valence-corrected chi connectivity index (χ0v) is 17.1. The normalized spacial score (nSPS) is 14.9. The van der Waals surface area contributed by atoms with E-state index in [4.69, 9.17) is 4.52 Å². The van der Waals surface area contributed by atoms with Crippen molar-refractivity contribution in [1.29, 1.82) is 0 Å². The highest BCUT2D eigenvalue weighted by molar-refractivity contribution is 5.79. The Kier molecular flexibility index (Phi) is 5.76. The van der Waals surface area contributed by atoms with Gasteiger partial charge in [0.05, 0.1) is 12.1 Å². The van der Waals surface area contributed by atoms with E-state index in [0.29, 0.717) is 6.42 Å². The lowest BCUT2D eigenvalue weighted by Gasteiger charge is -2.34. The fourth-order valence-corrected chi connectivity index (χ4v) is 3.84. The monoisotopic (exact) mass is 389 g/mol. The summed E-state index contributed by atoms with van der Waals surface area (Å²) in [5.41, 5.74) is 5.56. The summed E-state index contributed by atoms with van der Waals surface area (Å²) in [6, 6.07) is 18.6. The first-order chi connectivity index (χ1) is 14.1. The van der Waals surface area contributed by atoms with Crippen LogP contribution in [0.3, 0.4) is 0 Å².